The first-order valence-electron chi connectivity index (χ1n) is 5.62. The van der Waals surface area contributed by atoms with Gasteiger partial charge in [0, 0.05) is 6.54 Å². The molecule has 0 radical (unpaired) electrons. The summed E-state index contributed by atoms with van der Waals surface area (Å²) in [5.41, 5.74) is 0.174. The van der Waals surface area contributed by atoms with Crippen LogP contribution in [0.2, 0.25) is 0 Å². The van der Waals surface area contributed by atoms with Crippen LogP contribution >= 0.6 is 0 Å². The monoisotopic (exact) mass is 254 g/mol. The highest BCUT2D eigenvalue weighted by Crippen LogP contribution is 2.21. The molecule has 0 spiro atoms. The van der Waals surface area contributed by atoms with Crippen molar-refractivity contribution < 1.29 is 19.4 Å². The maximum absolute atomic E-state index is 12.1. The van der Waals surface area contributed by atoms with Crippen molar-refractivity contribution in [1.82, 2.24) is 20.3 Å². The average molecular weight is 254 g/mol. The number of carbonyl (C=O) groups is 2. The Hall–Kier alpha value is -1.96. The minimum absolute atomic E-state index is 0.128. The number of aromatic amines is 1. The topological polar surface area (TPSA) is 108 Å². The number of ether oxygens (including phenoxy) is 1. The standard InChI is InChI=1S/C10H14N4O4/c1-2-14(9(15)7-3-11-13-12-7)8-5-18-4-6(8)10(16)17/h3,6,8H,2,4-5H2,1H3,(H,16,17)(H,11,12,13). The van der Waals surface area contributed by atoms with Crippen LogP contribution in [-0.2, 0) is 9.53 Å². The molecular formula is C10H14N4O4. The van der Waals surface area contributed by atoms with Crippen LogP contribution in [0.25, 0.3) is 0 Å². The molecule has 0 aromatic carbocycles. The Morgan fingerprint density at radius 2 is 2.39 bits per heavy atom. The number of carbonyl (C=O) groups excluding carboxylic acids is 1. The fraction of sp³-hybridized carbons (Fsp3) is 0.600. The van der Waals surface area contributed by atoms with Crippen molar-refractivity contribution in [3.05, 3.63) is 11.9 Å². The Morgan fingerprint density at radius 1 is 1.61 bits per heavy atom. The molecule has 1 saturated heterocycles. The number of likely N-dealkylation sites (N-methyl/N-ethyl adjacent to an activating group) is 1. The zero-order valence-electron chi connectivity index (χ0n) is 9.87. The van der Waals surface area contributed by atoms with Crippen molar-refractivity contribution in [2.75, 3.05) is 19.8 Å². The van der Waals surface area contributed by atoms with Crippen molar-refractivity contribution in [2.45, 2.75) is 13.0 Å². The van der Waals surface area contributed by atoms with Gasteiger partial charge in [-0.25, -0.2) is 0 Å². The van der Waals surface area contributed by atoms with E-state index < -0.39 is 17.9 Å². The Morgan fingerprint density at radius 3 is 2.94 bits per heavy atom. The lowest BCUT2D eigenvalue weighted by atomic mass is 10.0. The molecule has 1 aliphatic rings. The van der Waals surface area contributed by atoms with Crippen LogP contribution < -0.4 is 0 Å². The molecule has 8 heteroatoms. The smallest absolute Gasteiger partial charge is 0.311 e. The lowest BCUT2D eigenvalue weighted by Crippen LogP contribution is -2.46. The van der Waals surface area contributed by atoms with Crippen LogP contribution in [0.4, 0.5) is 0 Å². The normalized spacial score (nSPS) is 22.9. The van der Waals surface area contributed by atoms with Gasteiger partial charge in [0.25, 0.3) is 5.91 Å². The maximum atomic E-state index is 12.1. The Balaban J connectivity index is 2.18. The summed E-state index contributed by atoms with van der Waals surface area (Å²) in [6, 6.07) is -0.461. The largest absolute Gasteiger partial charge is 0.481 e. The Kier molecular flexibility index (Phi) is 3.56. The Labute approximate surface area is 103 Å². The number of hydrogen-bond acceptors (Lipinski definition) is 5. The average Bonchev–Trinajstić information content (AvgIpc) is 3.00. The molecular weight excluding hydrogens is 240 g/mol. The molecule has 8 nitrogen and oxygen atoms in total. The molecule has 1 amide bonds. The van der Waals surface area contributed by atoms with E-state index in [1.807, 2.05) is 0 Å². The van der Waals surface area contributed by atoms with Crippen molar-refractivity contribution in [3.63, 3.8) is 0 Å². The summed E-state index contributed by atoms with van der Waals surface area (Å²) in [6.45, 7) is 2.54. The Bertz CT molecular complexity index is 433. The van der Waals surface area contributed by atoms with E-state index >= 15 is 0 Å². The van der Waals surface area contributed by atoms with Crippen LogP contribution in [0.3, 0.4) is 0 Å². The number of nitrogens with one attached hydrogen (secondary N) is 1. The molecule has 1 aliphatic heterocycles. The number of carboxylic acids is 1. The van der Waals surface area contributed by atoms with E-state index in [2.05, 4.69) is 15.4 Å². The first-order valence-corrected chi connectivity index (χ1v) is 5.62. The summed E-state index contributed by atoms with van der Waals surface area (Å²) in [6.07, 6.45) is 1.32. The van der Waals surface area contributed by atoms with E-state index in [4.69, 9.17) is 9.84 Å². The van der Waals surface area contributed by atoms with Crippen LogP contribution in [-0.4, -0.2) is 63.1 Å². The summed E-state index contributed by atoms with van der Waals surface area (Å²) < 4.78 is 5.16. The first kappa shape index (κ1) is 12.5. The fourth-order valence-electron chi connectivity index (χ4n) is 2.07. The highest BCUT2D eigenvalue weighted by Gasteiger charge is 2.40. The first-order chi connectivity index (χ1) is 8.65. The molecule has 98 valence electrons. The second kappa shape index (κ2) is 5.13. The van der Waals surface area contributed by atoms with Gasteiger partial charge in [-0.05, 0) is 6.92 Å². The number of aliphatic carboxylic acids is 1. The van der Waals surface area contributed by atoms with Gasteiger partial charge in [0.05, 0.1) is 25.5 Å². The van der Waals surface area contributed by atoms with E-state index in [-0.39, 0.29) is 24.8 Å². The third-order valence-corrected chi connectivity index (χ3v) is 3.00. The van der Waals surface area contributed by atoms with Gasteiger partial charge in [-0.2, -0.15) is 15.4 Å². The maximum Gasteiger partial charge on any atom is 0.311 e. The van der Waals surface area contributed by atoms with E-state index in [1.54, 1.807) is 6.92 Å². The molecule has 0 aliphatic carbocycles. The van der Waals surface area contributed by atoms with Crippen LogP contribution in [0, 0.1) is 5.92 Å². The second-order valence-electron chi connectivity index (χ2n) is 4.00. The fourth-order valence-corrected chi connectivity index (χ4v) is 2.07. The van der Waals surface area contributed by atoms with E-state index in [0.29, 0.717) is 6.54 Å². The number of nitrogens with zero attached hydrogens (tertiary/aromatic N) is 3. The zero-order chi connectivity index (χ0) is 13.1. The van der Waals surface area contributed by atoms with Gasteiger partial charge < -0.3 is 14.7 Å². The molecule has 2 atom stereocenters. The molecule has 1 aromatic heterocycles. The number of carboxylic acid groups (broad SMARTS) is 1. The van der Waals surface area contributed by atoms with Crippen molar-refractivity contribution in [1.29, 1.82) is 0 Å². The van der Waals surface area contributed by atoms with Gasteiger partial charge >= 0.3 is 5.97 Å². The van der Waals surface area contributed by atoms with Crippen LogP contribution in [0.1, 0.15) is 17.4 Å². The number of aromatic nitrogens is 3. The lowest BCUT2D eigenvalue weighted by Gasteiger charge is -2.28. The third kappa shape index (κ3) is 2.19. The SMILES string of the molecule is CCN(C(=O)c1cn[nH]n1)C1COCC1C(=O)O. The lowest BCUT2D eigenvalue weighted by molar-refractivity contribution is -0.142. The quantitative estimate of drug-likeness (QED) is 0.740. The molecule has 2 heterocycles. The molecule has 18 heavy (non-hydrogen) atoms. The van der Waals surface area contributed by atoms with Gasteiger partial charge in [-0.3, -0.25) is 9.59 Å². The van der Waals surface area contributed by atoms with E-state index in [0.717, 1.165) is 0 Å². The van der Waals surface area contributed by atoms with Crippen LogP contribution in [0.15, 0.2) is 6.20 Å². The molecule has 2 N–H and O–H groups in total. The van der Waals surface area contributed by atoms with Gasteiger partial charge in [0.15, 0.2) is 5.69 Å². The van der Waals surface area contributed by atoms with Crippen molar-refractivity contribution in [2.24, 2.45) is 5.92 Å². The third-order valence-electron chi connectivity index (χ3n) is 3.00. The summed E-state index contributed by atoms with van der Waals surface area (Å²) in [4.78, 5) is 24.7. The van der Waals surface area contributed by atoms with Gasteiger partial charge in [-0.1, -0.05) is 0 Å². The number of amides is 1. The minimum Gasteiger partial charge on any atom is -0.481 e. The number of rotatable bonds is 4. The van der Waals surface area contributed by atoms with Gasteiger partial charge in [0.1, 0.15) is 5.92 Å². The van der Waals surface area contributed by atoms with Gasteiger partial charge in [0.2, 0.25) is 0 Å². The summed E-state index contributed by atoms with van der Waals surface area (Å²) >= 11 is 0. The van der Waals surface area contributed by atoms with Crippen LogP contribution in [0.5, 0.6) is 0 Å². The molecule has 2 rings (SSSR count). The number of hydrogen-bond donors (Lipinski definition) is 2. The molecule has 0 bridgehead atoms. The number of H-pyrrole nitrogens is 1. The van der Waals surface area contributed by atoms with Crippen molar-refractivity contribution >= 4 is 11.9 Å². The highest BCUT2D eigenvalue weighted by atomic mass is 16.5. The molecule has 1 fully saturated rings. The molecule has 2 unspecified atom stereocenters. The molecule has 1 aromatic rings. The predicted molar refractivity (Wildman–Crippen MR) is 58.8 cm³/mol. The van der Waals surface area contributed by atoms with Gasteiger partial charge in [-0.15, -0.1) is 0 Å². The summed E-state index contributed by atoms with van der Waals surface area (Å²) in [5.74, 6) is -1.99. The van der Waals surface area contributed by atoms with E-state index in [9.17, 15) is 9.59 Å². The minimum atomic E-state index is -0.955. The molecule has 0 saturated carbocycles. The highest BCUT2D eigenvalue weighted by molar-refractivity contribution is 5.92. The van der Waals surface area contributed by atoms with Crippen molar-refractivity contribution in [3.8, 4) is 0 Å². The zero-order valence-corrected chi connectivity index (χ0v) is 9.87. The summed E-state index contributed by atoms with van der Waals surface area (Å²) in [5, 5.41) is 18.7. The second-order valence-corrected chi connectivity index (χ2v) is 4.00. The van der Waals surface area contributed by atoms with E-state index in [1.165, 1.54) is 11.1 Å². The predicted octanol–water partition coefficient (Wildman–Crippen LogP) is -0.634. The summed E-state index contributed by atoms with van der Waals surface area (Å²) in [7, 11) is 0.